The van der Waals surface area contributed by atoms with Gasteiger partial charge in [-0.1, -0.05) is 34.1 Å². The second-order valence-electron chi connectivity index (χ2n) is 5.73. The van der Waals surface area contributed by atoms with Crippen LogP contribution in [-0.4, -0.2) is 23.0 Å². The lowest BCUT2D eigenvalue weighted by Gasteiger charge is -2.37. The number of hydrogen-bond acceptors (Lipinski definition) is 1. The van der Waals surface area contributed by atoms with Crippen molar-refractivity contribution >= 4 is 0 Å². The van der Waals surface area contributed by atoms with Crippen LogP contribution in [0.1, 0.15) is 60.8 Å². The summed E-state index contributed by atoms with van der Waals surface area (Å²) in [4.78, 5) is 2.79. The second kappa shape index (κ2) is 5.34. The van der Waals surface area contributed by atoms with Gasteiger partial charge in [-0.3, -0.25) is 4.90 Å². The van der Waals surface area contributed by atoms with Gasteiger partial charge in [0.1, 0.15) is 0 Å². The summed E-state index contributed by atoms with van der Waals surface area (Å²) in [6.07, 6.45) is 4.10. The molecule has 0 N–H and O–H groups in total. The summed E-state index contributed by atoms with van der Waals surface area (Å²) in [5, 5.41) is 0. The molecule has 3 unspecified atom stereocenters. The van der Waals surface area contributed by atoms with E-state index >= 15 is 0 Å². The Morgan fingerprint density at radius 1 is 1.13 bits per heavy atom. The fourth-order valence-corrected chi connectivity index (χ4v) is 3.07. The molecule has 15 heavy (non-hydrogen) atoms. The minimum absolute atomic E-state index is 0.707. The van der Waals surface area contributed by atoms with Crippen molar-refractivity contribution in [2.24, 2.45) is 11.8 Å². The molecule has 1 rings (SSSR count). The van der Waals surface area contributed by atoms with E-state index in [4.69, 9.17) is 0 Å². The smallest absolute Gasteiger partial charge is 0.0133 e. The zero-order chi connectivity index (χ0) is 11.6. The monoisotopic (exact) mass is 211 g/mol. The number of hydrogen-bond donors (Lipinski definition) is 0. The van der Waals surface area contributed by atoms with E-state index in [1.54, 1.807) is 0 Å². The number of rotatable bonds is 6. The first-order valence-corrected chi connectivity index (χ1v) is 6.80. The fourth-order valence-electron chi connectivity index (χ4n) is 3.07. The van der Waals surface area contributed by atoms with Gasteiger partial charge >= 0.3 is 0 Å². The van der Waals surface area contributed by atoms with Crippen LogP contribution in [0.2, 0.25) is 0 Å². The van der Waals surface area contributed by atoms with Crippen molar-refractivity contribution in [1.29, 1.82) is 0 Å². The van der Waals surface area contributed by atoms with Gasteiger partial charge in [0.05, 0.1) is 0 Å². The number of nitrogens with zero attached hydrogens (tertiary/aromatic N) is 1. The first-order chi connectivity index (χ1) is 7.02. The molecule has 1 saturated carbocycles. The molecule has 1 aliphatic carbocycles. The Kier molecular flexibility index (Phi) is 4.64. The molecule has 0 spiro atoms. The van der Waals surface area contributed by atoms with Gasteiger partial charge in [-0.2, -0.15) is 0 Å². The van der Waals surface area contributed by atoms with E-state index in [9.17, 15) is 0 Å². The quantitative estimate of drug-likeness (QED) is 0.643. The zero-order valence-corrected chi connectivity index (χ0v) is 11.5. The largest absolute Gasteiger partial charge is 0.295 e. The van der Waals surface area contributed by atoms with E-state index in [0.29, 0.717) is 6.04 Å². The Morgan fingerprint density at radius 2 is 1.73 bits per heavy atom. The first-order valence-electron chi connectivity index (χ1n) is 6.80. The Bertz CT molecular complexity index is 186. The van der Waals surface area contributed by atoms with Crippen molar-refractivity contribution < 1.29 is 0 Å². The van der Waals surface area contributed by atoms with Gasteiger partial charge in [0.15, 0.2) is 0 Å². The van der Waals surface area contributed by atoms with Crippen LogP contribution in [0.25, 0.3) is 0 Å². The molecule has 1 nitrogen and oxygen atoms in total. The third-order valence-corrected chi connectivity index (χ3v) is 3.96. The summed E-state index contributed by atoms with van der Waals surface area (Å²) in [6, 6.07) is 2.38. The minimum Gasteiger partial charge on any atom is -0.295 e. The Hall–Kier alpha value is -0.0400. The van der Waals surface area contributed by atoms with Gasteiger partial charge in [0, 0.05) is 18.1 Å². The van der Waals surface area contributed by atoms with Crippen molar-refractivity contribution in [2.45, 2.75) is 78.9 Å². The molecule has 0 aromatic heterocycles. The molecular formula is C14H29N. The van der Waals surface area contributed by atoms with E-state index in [0.717, 1.165) is 23.9 Å². The van der Waals surface area contributed by atoms with Crippen LogP contribution >= 0.6 is 0 Å². The Morgan fingerprint density at radius 3 is 2.00 bits per heavy atom. The highest BCUT2D eigenvalue weighted by Gasteiger charge is 2.43. The molecule has 0 aromatic carbocycles. The van der Waals surface area contributed by atoms with Crippen LogP contribution < -0.4 is 0 Å². The lowest BCUT2D eigenvalue weighted by Crippen LogP contribution is -2.45. The van der Waals surface area contributed by atoms with Crippen LogP contribution in [-0.2, 0) is 0 Å². The standard InChI is InChI=1S/C14H29N/c1-7-12-9-14(12)15(11(5)6)13(8-2)10(3)4/h10-14H,7-9H2,1-6H3. The molecule has 0 radical (unpaired) electrons. The van der Waals surface area contributed by atoms with Crippen molar-refractivity contribution in [3.05, 3.63) is 0 Å². The summed E-state index contributed by atoms with van der Waals surface area (Å²) in [7, 11) is 0. The average molecular weight is 211 g/mol. The van der Waals surface area contributed by atoms with Gasteiger partial charge in [-0.15, -0.1) is 0 Å². The minimum atomic E-state index is 0.707. The zero-order valence-electron chi connectivity index (χ0n) is 11.5. The second-order valence-corrected chi connectivity index (χ2v) is 5.73. The van der Waals surface area contributed by atoms with E-state index in [-0.39, 0.29) is 0 Å². The molecule has 0 aromatic rings. The van der Waals surface area contributed by atoms with Crippen molar-refractivity contribution in [3.8, 4) is 0 Å². The maximum Gasteiger partial charge on any atom is 0.0133 e. The molecule has 0 amide bonds. The lowest BCUT2D eigenvalue weighted by atomic mass is 9.98. The van der Waals surface area contributed by atoms with Gasteiger partial charge in [-0.25, -0.2) is 0 Å². The molecule has 1 aliphatic rings. The van der Waals surface area contributed by atoms with Crippen LogP contribution in [0.15, 0.2) is 0 Å². The molecule has 0 aliphatic heterocycles. The van der Waals surface area contributed by atoms with Crippen molar-refractivity contribution in [1.82, 2.24) is 4.90 Å². The Labute approximate surface area is 96.2 Å². The Balaban J connectivity index is 2.65. The van der Waals surface area contributed by atoms with Gasteiger partial charge in [0.2, 0.25) is 0 Å². The third-order valence-electron chi connectivity index (χ3n) is 3.96. The molecule has 0 saturated heterocycles. The molecule has 1 heteroatoms. The predicted octanol–water partition coefficient (Wildman–Crippen LogP) is 3.93. The third kappa shape index (κ3) is 2.96. The highest BCUT2D eigenvalue weighted by molar-refractivity contribution is 4.98. The summed E-state index contributed by atoms with van der Waals surface area (Å²) in [6.45, 7) is 14.1. The molecular weight excluding hydrogens is 182 g/mol. The van der Waals surface area contributed by atoms with Gasteiger partial charge in [0.25, 0.3) is 0 Å². The highest BCUT2D eigenvalue weighted by Crippen LogP contribution is 2.41. The topological polar surface area (TPSA) is 3.24 Å². The predicted molar refractivity (Wildman–Crippen MR) is 68.1 cm³/mol. The summed E-state index contributed by atoms with van der Waals surface area (Å²) < 4.78 is 0. The summed E-state index contributed by atoms with van der Waals surface area (Å²) >= 11 is 0. The van der Waals surface area contributed by atoms with Crippen molar-refractivity contribution in [3.63, 3.8) is 0 Å². The van der Waals surface area contributed by atoms with Crippen LogP contribution in [0.3, 0.4) is 0 Å². The van der Waals surface area contributed by atoms with Gasteiger partial charge < -0.3 is 0 Å². The lowest BCUT2D eigenvalue weighted by molar-refractivity contribution is 0.0982. The van der Waals surface area contributed by atoms with E-state index in [1.807, 2.05) is 0 Å². The fraction of sp³-hybridized carbons (Fsp3) is 1.00. The maximum absolute atomic E-state index is 2.79. The van der Waals surface area contributed by atoms with E-state index < -0.39 is 0 Å². The highest BCUT2D eigenvalue weighted by atomic mass is 15.2. The average Bonchev–Trinajstić information content (AvgIpc) is 2.91. The van der Waals surface area contributed by atoms with Crippen LogP contribution in [0.4, 0.5) is 0 Å². The molecule has 0 heterocycles. The van der Waals surface area contributed by atoms with Gasteiger partial charge in [-0.05, 0) is 38.5 Å². The molecule has 3 atom stereocenters. The van der Waals surface area contributed by atoms with E-state index in [1.165, 1.54) is 19.3 Å². The first kappa shape index (κ1) is 13.0. The normalized spacial score (nSPS) is 27.8. The maximum atomic E-state index is 2.79. The molecule has 1 fully saturated rings. The molecule has 0 bridgehead atoms. The van der Waals surface area contributed by atoms with Crippen LogP contribution in [0.5, 0.6) is 0 Å². The van der Waals surface area contributed by atoms with Crippen molar-refractivity contribution in [2.75, 3.05) is 0 Å². The SMILES string of the molecule is CCC1CC1N(C(C)C)C(CC)C(C)C. The van der Waals surface area contributed by atoms with E-state index in [2.05, 4.69) is 46.4 Å². The molecule has 90 valence electrons. The summed E-state index contributed by atoms with van der Waals surface area (Å²) in [5.74, 6) is 1.77. The van der Waals surface area contributed by atoms with Crippen LogP contribution in [0, 0.1) is 11.8 Å². The summed E-state index contributed by atoms with van der Waals surface area (Å²) in [5.41, 5.74) is 0.